The average Bonchev–Trinajstić information content (AvgIpc) is 2.75. The van der Waals surface area contributed by atoms with Crippen molar-refractivity contribution in [2.24, 2.45) is 0 Å². The van der Waals surface area contributed by atoms with Gasteiger partial charge in [-0.15, -0.1) is 0 Å². The summed E-state index contributed by atoms with van der Waals surface area (Å²) in [5.41, 5.74) is 0.942. The normalized spacial score (nSPS) is 15.6. The molecule has 0 saturated carbocycles. The SMILES string of the molecule is CCO[C@@](O)(c1ccccn1)c1cccc([C@@](O)(OCC)c2ccccn2)n1. The molecule has 0 fully saturated rings. The zero-order chi connectivity index (χ0) is 20.0. The minimum atomic E-state index is -1.87. The Morgan fingerprint density at radius 1 is 0.679 bits per heavy atom. The number of aromatic nitrogens is 3. The van der Waals surface area contributed by atoms with Crippen LogP contribution in [0, 0.1) is 0 Å². The second-order valence-corrected chi connectivity index (χ2v) is 5.99. The fourth-order valence-corrected chi connectivity index (χ4v) is 2.91. The Hall–Kier alpha value is -2.71. The molecular formula is C21H23N3O4. The molecule has 0 aliphatic rings. The third-order valence-corrected chi connectivity index (χ3v) is 4.17. The van der Waals surface area contributed by atoms with Gasteiger partial charge in [0.05, 0.1) is 0 Å². The third-order valence-electron chi connectivity index (χ3n) is 4.17. The van der Waals surface area contributed by atoms with Gasteiger partial charge in [0.2, 0.25) is 0 Å². The lowest BCUT2D eigenvalue weighted by Gasteiger charge is -2.30. The van der Waals surface area contributed by atoms with Crippen LogP contribution in [0.5, 0.6) is 0 Å². The van der Waals surface area contributed by atoms with Crippen molar-refractivity contribution in [3.63, 3.8) is 0 Å². The van der Waals surface area contributed by atoms with Gasteiger partial charge < -0.3 is 19.7 Å². The van der Waals surface area contributed by atoms with E-state index in [0.29, 0.717) is 11.4 Å². The highest BCUT2D eigenvalue weighted by atomic mass is 16.6. The van der Waals surface area contributed by atoms with Crippen LogP contribution in [0.1, 0.15) is 36.6 Å². The maximum atomic E-state index is 11.3. The van der Waals surface area contributed by atoms with Crippen LogP contribution in [0.4, 0.5) is 0 Å². The summed E-state index contributed by atoms with van der Waals surface area (Å²) in [6, 6.07) is 15.2. The second kappa shape index (κ2) is 8.53. The lowest BCUT2D eigenvalue weighted by Crippen LogP contribution is -2.37. The van der Waals surface area contributed by atoms with Crippen LogP contribution < -0.4 is 0 Å². The van der Waals surface area contributed by atoms with Crippen LogP contribution in [-0.4, -0.2) is 38.4 Å². The monoisotopic (exact) mass is 381 g/mol. The van der Waals surface area contributed by atoms with E-state index >= 15 is 0 Å². The Bertz CT molecular complexity index is 824. The van der Waals surface area contributed by atoms with Crippen molar-refractivity contribution in [1.82, 2.24) is 15.0 Å². The summed E-state index contributed by atoms with van der Waals surface area (Å²) in [5, 5.41) is 22.5. The van der Waals surface area contributed by atoms with Crippen molar-refractivity contribution in [1.29, 1.82) is 0 Å². The fourth-order valence-electron chi connectivity index (χ4n) is 2.91. The number of aliphatic hydroxyl groups is 2. The van der Waals surface area contributed by atoms with Crippen molar-refractivity contribution in [2.75, 3.05) is 13.2 Å². The molecule has 0 aliphatic heterocycles. The molecule has 7 heteroatoms. The minimum Gasteiger partial charge on any atom is -0.356 e. The zero-order valence-corrected chi connectivity index (χ0v) is 15.8. The van der Waals surface area contributed by atoms with E-state index in [-0.39, 0.29) is 24.6 Å². The molecule has 3 aromatic heterocycles. The Labute approximate surface area is 163 Å². The second-order valence-electron chi connectivity index (χ2n) is 5.99. The maximum absolute atomic E-state index is 11.3. The van der Waals surface area contributed by atoms with Gasteiger partial charge in [-0.25, -0.2) is 4.98 Å². The van der Waals surface area contributed by atoms with E-state index in [1.165, 1.54) is 0 Å². The molecule has 7 nitrogen and oxygen atoms in total. The molecule has 146 valence electrons. The fraction of sp³-hybridized carbons (Fsp3) is 0.286. The molecule has 3 heterocycles. The number of nitrogens with zero attached hydrogens (tertiary/aromatic N) is 3. The first-order valence-corrected chi connectivity index (χ1v) is 9.08. The lowest BCUT2D eigenvalue weighted by molar-refractivity contribution is -0.189. The Morgan fingerprint density at radius 3 is 1.46 bits per heavy atom. The summed E-state index contributed by atoms with van der Waals surface area (Å²) >= 11 is 0. The van der Waals surface area contributed by atoms with Gasteiger partial charge in [-0.3, -0.25) is 9.97 Å². The number of hydrogen-bond acceptors (Lipinski definition) is 7. The molecule has 0 saturated heterocycles. The average molecular weight is 381 g/mol. The minimum absolute atomic E-state index is 0.180. The van der Waals surface area contributed by atoms with Gasteiger partial charge in [0.25, 0.3) is 11.6 Å². The highest BCUT2D eigenvalue weighted by Crippen LogP contribution is 2.32. The number of ether oxygens (including phenoxy) is 2. The van der Waals surface area contributed by atoms with Gasteiger partial charge in [0.1, 0.15) is 22.8 Å². The van der Waals surface area contributed by atoms with E-state index in [9.17, 15) is 10.2 Å². The molecule has 3 aromatic rings. The largest absolute Gasteiger partial charge is 0.356 e. The third kappa shape index (κ3) is 3.79. The topological polar surface area (TPSA) is 97.6 Å². The molecule has 2 atom stereocenters. The van der Waals surface area contributed by atoms with Crippen LogP contribution in [0.2, 0.25) is 0 Å². The molecule has 0 spiro atoms. The lowest BCUT2D eigenvalue weighted by atomic mass is 10.0. The van der Waals surface area contributed by atoms with Gasteiger partial charge >= 0.3 is 0 Å². The van der Waals surface area contributed by atoms with Crippen LogP contribution in [0.25, 0.3) is 0 Å². The number of rotatable bonds is 8. The summed E-state index contributed by atoms with van der Waals surface area (Å²) in [6.07, 6.45) is 3.13. The van der Waals surface area contributed by atoms with Crippen molar-refractivity contribution < 1.29 is 19.7 Å². The molecule has 0 bridgehead atoms. The van der Waals surface area contributed by atoms with E-state index in [4.69, 9.17) is 9.47 Å². The quantitative estimate of drug-likeness (QED) is 0.578. The summed E-state index contributed by atoms with van der Waals surface area (Å²) in [6.45, 7) is 3.99. The first-order valence-electron chi connectivity index (χ1n) is 9.08. The van der Waals surface area contributed by atoms with Crippen molar-refractivity contribution in [3.8, 4) is 0 Å². The summed E-state index contributed by atoms with van der Waals surface area (Å²) in [5.74, 6) is -3.74. The van der Waals surface area contributed by atoms with Crippen LogP contribution in [0.3, 0.4) is 0 Å². The molecule has 0 amide bonds. The van der Waals surface area contributed by atoms with Crippen molar-refractivity contribution in [3.05, 3.63) is 89.8 Å². The molecule has 2 N–H and O–H groups in total. The molecule has 0 unspecified atom stereocenters. The van der Waals surface area contributed by atoms with E-state index < -0.39 is 11.6 Å². The summed E-state index contributed by atoms with van der Waals surface area (Å²) in [7, 11) is 0. The van der Waals surface area contributed by atoms with Crippen molar-refractivity contribution >= 4 is 0 Å². The molecular weight excluding hydrogens is 358 g/mol. The Kier molecular flexibility index (Phi) is 6.11. The maximum Gasteiger partial charge on any atom is 0.254 e. The van der Waals surface area contributed by atoms with Crippen LogP contribution in [0.15, 0.2) is 67.0 Å². The highest BCUT2D eigenvalue weighted by molar-refractivity contribution is 5.30. The number of hydrogen-bond donors (Lipinski definition) is 2. The van der Waals surface area contributed by atoms with Gasteiger partial charge in [0, 0.05) is 25.6 Å². The standard InChI is InChI=1S/C21H23N3O4/c1-3-27-20(25,16-10-5-7-14-22-16)18-12-9-13-19(24-18)21(26,28-4-2)17-11-6-8-15-23-17/h5-15,25-26H,3-4H2,1-2H3/t20-,21-/m0/s1. The van der Waals surface area contributed by atoms with E-state index in [0.717, 1.165) is 0 Å². The molecule has 0 radical (unpaired) electrons. The zero-order valence-electron chi connectivity index (χ0n) is 15.8. The predicted octanol–water partition coefficient (Wildman–Crippen LogP) is 2.33. The molecule has 0 aromatic carbocycles. The van der Waals surface area contributed by atoms with Gasteiger partial charge in [-0.1, -0.05) is 18.2 Å². The summed E-state index contributed by atoms with van der Waals surface area (Å²) < 4.78 is 11.3. The smallest absolute Gasteiger partial charge is 0.254 e. The first-order chi connectivity index (χ1) is 13.5. The molecule has 0 aliphatic carbocycles. The van der Waals surface area contributed by atoms with E-state index in [1.54, 1.807) is 80.8 Å². The first kappa shape index (κ1) is 20.0. The van der Waals surface area contributed by atoms with E-state index in [2.05, 4.69) is 15.0 Å². The van der Waals surface area contributed by atoms with Crippen molar-refractivity contribution in [2.45, 2.75) is 25.4 Å². The molecule has 3 rings (SSSR count). The summed E-state index contributed by atoms with van der Waals surface area (Å²) in [4.78, 5) is 12.9. The predicted molar refractivity (Wildman–Crippen MR) is 102 cm³/mol. The van der Waals surface area contributed by atoms with Gasteiger partial charge in [0.15, 0.2) is 0 Å². The Balaban J connectivity index is 2.12. The number of pyridine rings is 3. The van der Waals surface area contributed by atoms with Gasteiger partial charge in [-0.2, -0.15) is 0 Å². The highest BCUT2D eigenvalue weighted by Gasteiger charge is 2.40. The Morgan fingerprint density at radius 2 is 1.11 bits per heavy atom. The molecule has 28 heavy (non-hydrogen) atoms. The van der Waals surface area contributed by atoms with E-state index in [1.807, 2.05) is 0 Å². The van der Waals surface area contributed by atoms with Crippen LogP contribution in [-0.2, 0) is 21.0 Å². The van der Waals surface area contributed by atoms with Crippen LogP contribution >= 0.6 is 0 Å². The van der Waals surface area contributed by atoms with Gasteiger partial charge in [-0.05, 0) is 50.2 Å².